The normalized spacial score (nSPS) is 12.6. The second-order valence-corrected chi connectivity index (χ2v) is 4.98. The summed E-state index contributed by atoms with van der Waals surface area (Å²) >= 11 is 6.45. The maximum atomic E-state index is 6.45. The molecule has 0 radical (unpaired) electrons. The summed E-state index contributed by atoms with van der Waals surface area (Å²) < 4.78 is 1.93. The third-order valence-electron chi connectivity index (χ3n) is 3.25. The lowest BCUT2D eigenvalue weighted by Gasteiger charge is -2.19. The van der Waals surface area contributed by atoms with Gasteiger partial charge in [0.15, 0.2) is 0 Å². The number of aromatic nitrogens is 2. The van der Waals surface area contributed by atoms with E-state index in [-0.39, 0.29) is 6.04 Å². The van der Waals surface area contributed by atoms with Crippen molar-refractivity contribution in [3.63, 3.8) is 0 Å². The number of nitrogens with zero attached hydrogens (tertiary/aromatic N) is 2. The number of aryl methyl sites for hydroxylation is 2. The molecule has 1 atom stereocenters. The largest absolute Gasteiger partial charge is 0.306 e. The maximum absolute atomic E-state index is 6.45. The van der Waals surface area contributed by atoms with Gasteiger partial charge in [-0.1, -0.05) is 36.7 Å². The zero-order valence-electron chi connectivity index (χ0n) is 11.7. The van der Waals surface area contributed by atoms with Crippen LogP contribution in [-0.4, -0.2) is 16.3 Å². The van der Waals surface area contributed by atoms with Gasteiger partial charge in [0.2, 0.25) is 0 Å². The molecule has 1 unspecified atom stereocenters. The molecule has 0 saturated heterocycles. The highest BCUT2D eigenvalue weighted by Crippen LogP contribution is 2.30. The first-order chi connectivity index (χ1) is 9.17. The van der Waals surface area contributed by atoms with Crippen LogP contribution < -0.4 is 5.32 Å². The van der Waals surface area contributed by atoms with E-state index in [0.29, 0.717) is 0 Å². The molecule has 4 heteroatoms. The van der Waals surface area contributed by atoms with E-state index in [1.807, 2.05) is 29.9 Å². The van der Waals surface area contributed by atoms with Crippen molar-refractivity contribution >= 4 is 11.6 Å². The Kier molecular flexibility index (Phi) is 4.61. The van der Waals surface area contributed by atoms with E-state index in [4.69, 9.17) is 11.6 Å². The molecule has 0 bridgehead atoms. The molecule has 1 heterocycles. The number of nitrogens with one attached hydrogen (secondary N) is 1. The van der Waals surface area contributed by atoms with Gasteiger partial charge in [-0.25, -0.2) is 0 Å². The summed E-state index contributed by atoms with van der Waals surface area (Å²) in [7, 11) is 0. The molecule has 0 aliphatic rings. The second-order valence-electron chi connectivity index (χ2n) is 4.60. The zero-order valence-corrected chi connectivity index (χ0v) is 12.4. The highest BCUT2D eigenvalue weighted by atomic mass is 35.5. The summed E-state index contributed by atoms with van der Waals surface area (Å²) in [5, 5.41) is 8.66. The quantitative estimate of drug-likeness (QED) is 0.906. The summed E-state index contributed by atoms with van der Waals surface area (Å²) in [5.41, 5.74) is 3.36. The number of hydrogen-bond donors (Lipinski definition) is 1. The molecule has 0 fully saturated rings. The lowest BCUT2D eigenvalue weighted by molar-refractivity contribution is 0.625. The van der Waals surface area contributed by atoms with Crippen LogP contribution in [0.1, 0.15) is 36.6 Å². The van der Waals surface area contributed by atoms with Crippen molar-refractivity contribution in [3.05, 3.63) is 52.3 Å². The molecular weight excluding hydrogens is 258 g/mol. The average Bonchev–Trinajstić information content (AvgIpc) is 2.88. The lowest BCUT2D eigenvalue weighted by atomic mass is 9.99. The minimum atomic E-state index is 0.0951. The molecule has 1 N–H and O–H groups in total. The molecule has 0 amide bonds. The van der Waals surface area contributed by atoms with E-state index < -0.39 is 0 Å². The monoisotopic (exact) mass is 277 g/mol. The van der Waals surface area contributed by atoms with Gasteiger partial charge in [-0.05, 0) is 31.5 Å². The zero-order chi connectivity index (χ0) is 13.8. The molecule has 2 rings (SSSR count). The van der Waals surface area contributed by atoms with Gasteiger partial charge >= 0.3 is 0 Å². The summed E-state index contributed by atoms with van der Waals surface area (Å²) in [5.74, 6) is 0. The van der Waals surface area contributed by atoms with Gasteiger partial charge < -0.3 is 5.32 Å². The molecule has 19 heavy (non-hydrogen) atoms. The third kappa shape index (κ3) is 2.99. The van der Waals surface area contributed by atoms with Gasteiger partial charge in [-0.3, -0.25) is 4.68 Å². The predicted octanol–water partition coefficient (Wildman–Crippen LogP) is 3.56. The van der Waals surface area contributed by atoms with Crippen molar-refractivity contribution in [2.75, 3.05) is 6.54 Å². The van der Waals surface area contributed by atoms with Crippen molar-refractivity contribution in [3.8, 4) is 0 Å². The Morgan fingerprint density at radius 2 is 2.16 bits per heavy atom. The molecule has 0 spiro atoms. The van der Waals surface area contributed by atoms with E-state index in [1.165, 1.54) is 0 Å². The summed E-state index contributed by atoms with van der Waals surface area (Å²) in [6, 6.07) is 6.25. The SMILES string of the molecule is CCNC(c1cnn(CC)c1)c1cccc(C)c1Cl. The molecule has 2 aromatic rings. The van der Waals surface area contributed by atoms with Gasteiger partial charge in [0.1, 0.15) is 0 Å². The first kappa shape index (κ1) is 14.1. The van der Waals surface area contributed by atoms with Crippen molar-refractivity contribution in [1.29, 1.82) is 0 Å². The Bertz CT molecular complexity index is 548. The van der Waals surface area contributed by atoms with Crippen LogP contribution in [0, 0.1) is 6.92 Å². The Morgan fingerprint density at radius 3 is 2.79 bits per heavy atom. The number of hydrogen-bond acceptors (Lipinski definition) is 2. The number of benzene rings is 1. The van der Waals surface area contributed by atoms with Gasteiger partial charge in [-0.2, -0.15) is 5.10 Å². The van der Waals surface area contributed by atoms with Crippen LogP contribution in [0.4, 0.5) is 0 Å². The fourth-order valence-corrected chi connectivity index (χ4v) is 2.44. The standard InChI is InChI=1S/C15H20ClN3/c1-4-17-15(12-9-18-19(5-2)10-12)13-8-6-7-11(3)14(13)16/h6-10,15,17H,4-5H2,1-3H3. The van der Waals surface area contributed by atoms with Crippen molar-refractivity contribution in [2.45, 2.75) is 33.4 Å². The second kappa shape index (κ2) is 6.22. The third-order valence-corrected chi connectivity index (χ3v) is 3.77. The van der Waals surface area contributed by atoms with E-state index in [0.717, 1.165) is 34.8 Å². The van der Waals surface area contributed by atoms with Crippen molar-refractivity contribution in [2.24, 2.45) is 0 Å². The van der Waals surface area contributed by atoms with Gasteiger partial charge in [0.25, 0.3) is 0 Å². The minimum Gasteiger partial charge on any atom is -0.306 e. The molecule has 1 aromatic heterocycles. The highest BCUT2D eigenvalue weighted by Gasteiger charge is 2.18. The van der Waals surface area contributed by atoms with Gasteiger partial charge in [0.05, 0.1) is 12.2 Å². The molecule has 102 valence electrons. The van der Waals surface area contributed by atoms with Gasteiger partial charge in [-0.15, -0.1) is 0 Å². The van der Waals surface area contributed by atoms with Crippen LogP contribution in [0.15, 0.2) is 30.6 Å². The van der Waals surface area contributed by atoms with Crippen LogP contribution in [0.3, 0.4) is 0 Å². The van der Waals surface area contributed by atoms with Crippen LogP contribution in [0.2, 0.25) is 5.02 Å². The van der Waals surface area contributed by atoms with Crippen molar-refractivity contribution < 1.29 is 0 Å². The summed E-state index contributed by atoms with van der Waals surface area (Å²) in [6.45, 7) is 7.97. The average molecular weight is 278 g/mol. The Balaban J connectivity index is 2.42. The van der Waals surface area contributed by atoms with Crippen LogP contribution in [-0.2, 0) is 6.54 Å². The van der Waals surface area contributed by atoms with Crippen LogP contribution >= 0.6 is 11.6 Å². The predicted molar refractivity (Wildman–Crippen MR) is 79.6 cm³/mol. The molecule has 1 aromatic carbocycles. The maximum Gasteiger partial charge on any atom is 0.0622 e. The van der Waals surface area contributed by atoms with E-state index in [2.05, 4.69) is 36.5 Å². The smallest absolute Gasteiger partial charge is 0.0622 e. The van der Waals surface area contributed by atoms with Crippen molar-refractivity contribution in [1.82, 2.24) is 15.1 Å². The van der Waals surface area contributed by atoms with Crippen LogP contribution in [0.25, 0.3) is 0 Å². The van der Waals surface area contributed by atoms with E-state index in [9.17, 15) is 0 Å². The van der Waals surface area contributed by atoms with Crippen LogP contribution in [0.5, 0.6) is 0 Å². The summed E-state index contributed by atoms with van der Waals surface area (Å²) in [6.07, 6.45) is 3.99. The fourth-order valence-electron chi connectivity index (χ4n) is 2.21. The number of rotatable bonds is 5. The van der Waals surface area contributed by atoms with Gasteiger partial charge in [0, 0.05) is 23.3 Å². The first-order valence-corrected chi connectivity index (χ1v) is 7.05. The van der Waals surface area contributed by atoms with E-state index in [1.54, 1.807) is 0 Å². The molecule has 0 aliphatic heterocycles. The topological polar surface area (TPSA) is 29.9 Å². The Morgan fingerprint density at radius 1 is 1.37 bits per heavy atom. The molecule has 3 nitrogen and oxygen atoms in total. The minimum absolute atomic E-state index is 0.0951. The molecule has 0 saturated carbocycles. The molecular formula is C15H20ClN3. The Hall–Kier alpha value is -1.32. The Labute approximate surface area is 119 Å². The summed E-state index contributed by atoms with van der Waals surface area (Å²) in [4.78, 5) is 0. The lowest BCUT2D eigenvalue weighted by Crippen LogP contribution is -2.22. The van der Waals surface area contributed by atoms with E-state index >= 15 is 0 Å². The number of halogens is 1. The fraction of sp³-hybridized carbons (Fsp3) is 0.400. The highest BCUT2D eigenvalue weighted by molar-refractivity contribution is 6.32. The molecule has 0 aliphatic carbocycles. The first-order valence-electron chi connectivity index (χ1n) is 6.68.